The molecule has 23 heavy (non-hydrogen) atoms. The molecule has 1 aliphatic rings. The summed E-state index contributed by atoms with van der Waals surface area (Å²) < 4.78 is 77.1. The molecule has 7 nitrogen and oxygen atoms in total. The molecule has 1 aliphatic heterocycles. The fourth-order valence-corrected chi connectivity index (χ4v) is 1.81. The third-order valence-corrected chi connectivity index (χ3v) is 2.88. The number of halogens is 6. The van der Waals surface area contributed by atoms with E-state index in [-0.39, 0.29) is 0 Å². The SMILES string of the molecule is O=C(NC[C@@H]1O[C@H](O)C[C@H](NC(=O)C(F)(F)F)[C@@H]1O)C(F)(F)F. The molecule has 0 aromatic carbocycles. The van der Waals surface area contributed by atoms with Crippen LogP contribution >= 0.6 is 0 Å². The molecule has 0 aromatic rings. The van der Waals surface area contributed by atoms with Gasteiger partial charge in [-0.15, -0.1) is 0 Å². The number of carbonyl (C=O) groups is 2. The van der Waals surface area contributed by atoms with E-state index in [1.165, 1.54) is 10.6 Å². The minimum Gasteiger partial charge on any atom is -0.388 e. The van der Waals surface area contributed by atoms with Gasteiger partial charge < -0.3 is 25.6 Å². The molecule has 4 atom stereocenters. The van der Waals surface area contributed by atoms with E-state index in [0.29, 0.717) is 0 Å². The maximum absolute atomic E-state index is 12.1. The first-order valence-corrected chi connectivity index (χ1v) is 6.06. The molecule has 1 saturated heterocycles. The molecular weight excluding hydrogens is 342 g/mol. The fourth-order valence-electron chi connectivity index (χ4n) is 1.81. The largest absolute Gasteiger partial charge is 0.471 e. The van der Waals surface area contributed by atoms with Crippen LogP contribution in [0.2, 0.25) is 0 Å². The van der Waals surface area contributed by atoms with Crippen LogP contribution in [0.4, 0.5) is 26.3 Å². The van der Waals surface area contributed by atoms with Gasteiger partial charge in [0.1, 0.15) is 12.2 Å². The number of amides is 2. The number of aliphatic hydroxyl groups excluding tert-OH is 2. The van der Waals surface area contributed by atoms with Crippen LogP contribution in [0.25, 0.3) is 0 Å². The number of alkyl halides is 6. The standard InChI is InChI=1S/C10H12F6N2O5/c11-9(12,13)7(21)17-2-4-6(20)3(1-5(19)23-4)18-8(22)10(14,15)16/h3-6,19-20H,1-2H2,(H,17,21)(H,18,22)/t3-,4-,5-,6-/m0/s1. The zero-order valence-corrected chi connectivity index (χ0v) is 11.1. The van der Waals surface area contributed by atoms with Gasteiger partial charge in [0, 0.05) is 13.0 Å². The van der Waals surface area contributed by atoms with Gasteiger partial charge in [-0.3, -0.25) is 9.59 Å². The highest BCUT2D eigenvalue weighted by molar-refractivity contribution is 5.82. The highest BCUT2D eigenvalue weighted by atomic mass is 19.4. The lowest BCUT2D eigenvalue weighted by Gasteiger charge is -2.37. The summed E-state index contributed by atoms with van der Waals surface area (Å²) in [7, 11) is 0. The molecule has 0 aliphatic carbocycles. The van der Waals surface area contributed by atoms with Crippen molar-refractivity contribution in [3.63, 3.8) is 0 Å². The van der Waals surface area contributed by atoms with E-state index in [9.17, 15) is 46.1 Å². The first-order valence-electron chi connectivity index (χ1n) is 6.06. The number of rotatable bonds is 3. The van der Waals surface area contributed by atoms with Crippen LogP contribution in [0.3, 0.4) is 0 Å². The van der Waals surface area contributed by atoms with Crippen molar-refractivity contribution in [3.8, 4) is 0 Å². The predicted octanol–water partition coefficient (Wildman–Crippen LogP) is -0.820. The molecule has 0 saturated carbocycles. The number of ether oxygens (including phenoxy) is 1. The molecule has 1 rings (SSSR count). The summed E-state index contributed by atoms with van der Waals surface area (Å²) in [5.41, 5.74) is 0. The van der Waals surface area contributed by atoms with Crippen molar-refractivity contribution in [1.29, 1.82) is 0 Å². The molecular formula is C10H12F6N2O5. The Balaban J connectivity index is 2.68. The molecule has 134 valence electrons. The Labute approximate surface area is 124 Å². The Morgan fingerprint density at radius 1 is 1.04 bits per heavy atom. The summed E-state index contributed by atoms with van der Waals surface area (Å²) in [6, 6.07) is -1.62. The van der Waals surface area contributed by atoms with Gasteiger partial charge in [-0.1, -0.05) is 0 Å². The molecule has 0 bridgehead atoms. The predicted molar refractivity (Wildman–Crippen MR) is 58.6 cm³/mol. The second kappa shape index (κ2) is 6.88. The van der Waals surface area contributed by atoms with Crippen molar-refractivity contribution < 1.29 is 50.9 Å². The summed E-state index contributed by atoms with van der Waals surface area (Å²) in [5.74, 6) is -4.75. The van der Waals surface area contributed by atoms with E-state index in [4.69, 9.17) is 0 Å². The van der Waals surface area contributed by atoms with Crippen LogP contribution < -0.4 is 10.6 Å². The van der Waals surface area contributed by atoms with E-state index in [1.54, 1.807) is 0 Å². The molecule has 13 heteroatoms. The molecule has 1 fully saturated rings. The topological polar surface area (TPSA) is 108 Å². The third-order valence-electron chi connectivity index (χ3n) is 2.88. The molecule has 0 radical (unpaired) electrons. The van der Waals surface area contributed by atoms with Crippen molar-refractivity contribution in [2.75, 3.05) is 6.54 Å². The van der Waals surface area contributed by atoms with Gasteiger partial charge in [0.2, 0.25) is 0 Å². The Morgan fingerprint density at radius 2 is 1.57 bits per heavy atom. The van der Waals surface area contributed by atoms with Gasteiger partial charge in [0.15, 0.2) is 6.29 Å². The van der Waals surface area contributed by atoms with Gasteiger partial charge in [-0.25, -0.2) is 0 Å². The number of aliphatic hydroxyl groups is 2. The summed E-state index contributed by atoms with van der Waals surface area (Å²) in [4.78, 5) is 21.4. The van der Waals surface area contributed by atoms with E-state index in [0.717, 1.165) is 0 Å². The first kappa shape index (κ1) is 19.4. The highest BCUT2D eigenvalue weighted by Gasteiger charge is 2.45. The van der Waals surface area contributed by atoms with Crippen molar-refractivity contribution in [1.82, 2.24) is 10.6 Å². The van der Waals surface area contributed by atoms with Crippen LogP contribution in [0.1, 0.15) is 6.42 Å². The molecule has 0 aromatic heterocycles. The molecule has 1 heterocycles. The van der Waals surface area contributed by atoms with Crippen LogP contribution in [-0.4, -0.2) is 65.5 Å². The Hall–Kier alpha value is -1.60. The lowest BCUT2D eigenvalue weighted by molar-refractivity contribution is -0.212. The molecule has 2 amide bonds. The average molecular weight is 354 g/mol. The van der Waals surface area contributed by atoms with Crippen molar-refractivity contribution >= 4 is 11.8 Å². The Morgan fingerprint density at radius 3 is 2.04 bits per heavy atom. The van der Waals surface area contributed by atoms with Crippen molar-refractivity contribution in [2.45, 2.75) is 43.3 Å². The Bertz CT molecular complexity index is 454. The average Bonchev–Trinajstić information content (AvgIpc) is 2.38. The van der Waals surface area contributed by atoms with Crippen LogP contribution in [-0.2, 0) is 14.3 Å². The zero-order valence-electron chi connectivity index (χ0n) is 11.1. The fraction of sp³-hybridized carbons (Fsp3) is 0.800. The van der Waals surface area contributed by atoms with Crippen molar-refractivity contribution in [3.05, 3.63) is 0 Å². The minimum absolute atomic E-state index is 0.618. The van der Waals surface area contributed by atoms with Gasteiger partial charge in [-0.2, -0.15) is 26.3 Å². The lowest BCUT2D eigenvalue weighted by Crippen LogP contribution is -2.60. The van der Waals surface area contributed by atoms with Crippen LogP contribution in [0.5, 0.6) is 0 Å². The molecule has 0 spiro atoms. The van der Waals surface area contributed by atoms with Crippen LogP contribution in [0, 0.1) is 0 Å². The van der Waals surface area contributed by atoms with E-state index < -0.39 is 61.7 Å². The Kier molecular flexibility index (Phi) is 5.82. The van der Waals surface area contributed by atoms with E-state index in [2.05, 4.69) is 4.74 Å². The quantitative estimate of drug-likeness (QED) is 0.496. The monoisotopic (exact) mass is 354 g/mol. The maximum Gasteiger partial charge on any atom is 0.471 e. The van der Waals surface area contributed by atoms with Gasteiger partial charge in [-0.05, 0) is 0 Å². The van der Waals surface area contributed by atoms with E-state index in [1.807, 2.05) is 0 Å². The zero-order chi connectivity index (χ0) is 18.0. The normalized spacial score (nSPS) is 29.0. The van der Waals surface area contributed by atoms with Gasteiger partial charge >= 0.3 is 24.2 Å². The third kappa shape index (κ3) is 5.51. The highest BCUT2D eigenvalue weighted by Crippen LogP contribution is 2.22. The minimum atomic E-state index is -5.25. The molecule has 0 unspecified atom stereocenters. The van der Waals surface area contributed by atoms with Crippen molar-refractivity contribution in [2.24, 2.45) is 0 Å². The number of carbonyl (C=O) groups excluding carboxylic acids is 2. The van der Waals surface area contributed by atoms with Crippen LogP contribution in [0.15, 0.2) is 0 Å². The maximum atomic E-state index is 12.1. The first-order chi connectivity index (χ1) is 10.3. The summed E-state index contributed by atoms with van der Waals surface area (Å²) in [6.45, 7) is -0.936. The second-order valence-corrected chi connectivity index (χ2v) is 4.64. The summed E-state index contributed by atoms with van der Waals surface area (Å²) in [5, 5.41) is 21.8. The number of hydrogen-bond acceptors (Lipinski definition) is 5. The van der Waals surface area contributed by atoms with E-state index >= 15 is 0 Å². The smallest absolute Gasteiger partial charge is 0.388 e. The number of nitrogens with one attached hydrogen (secondary N) is 2. The van der Waals surface area contributed by atoms with Gasteiger partial charge in [0.05, 0.1) is 6.04 Å². The number of hydrogen-bond donors (Lipinski definition) is 4. The summed E-state index contributed by atoms with van der Waals surface area (Å²) in [6.07, 6.45) is -16.3. The second-order valence-electron chi connectivity index (χ2n) is 4.64. The van der Waals surface area contributed by atoms with Gasteiger partial charge in [0.25, 0.3) is 0 Å². The lowest BCUT2D eigenvalue weighted by atomic mass is 9.98. The molecule has 4 N–H and O–H groups in total. The summed E-state index contributed by atoms with van der Waals surface area (Å²) >= 11 is 0.